The van der Waals surface area contributed by atoms with Crippen molar-refractivity contribution in [1.29, 1.82) is 0 Å². The maximum absolute atomic E-state index is 2.30. The van der Waals surface area contributed by atoms with E-state index >= 15 is 0 Å². The van der Waals surface area contributed by atoms with Crippen LogP contribution in [0.5, 0.6) is 0 Å². The highest BCUT2D eigenvalue weighted by molar-refractivity contribution is 7.99. The lowest BCUT2D eigenvalue weighted by Crippen LogP contribution is -2.02. The van der Waals surface area contributed by atoms with Crippen LogP contribution in [0.15, 0.2) is 105 Å². The van der Waals surface area contributed by atoms with Crippen LogP contribution in [-0.4, -0.2) is 0 Å². The summed E-state index contributed by atoms with van der Waals surface area (Å²) in [4.78, 5) is 4.08. The first-order chi connectivity index (χ1) is 12.7. The number of hydrogen-bond acceptors (Lipinski definition) is 1. The second-order valence-corrected chi connectivity index (χ2v) is 9.75. The predicted molar refractivity (Wildman–Crippen MR) is 114 cm³/mol. The molecule has 0 saturated heterocycles. The first-order valence-electron chi connectivity index (χ1n) is 8.73. The molecule has 128 valence electrons. The smallest absolute Gasteiger partial charge is 0.0849 e. The van der Waals surface area contributed by atoms with E-state index in [2.05, 4.69) is 105 Å². The van der Waals surface area contributed by atoms with Crippen molar-refractivity contribution in [3.05, 3.63) is 102 Å². The molecule has 4 aromatic rings. The van der Waals surface area contributed by atoms with Crippen molar-refractivity contribution < 1.29 is 0 Å². The highest BCUT2D eigenvalue weighted by atomic mass is 32.2. The van der Waals surface area contributed by atoms with E-state index in [9.17, 15) is 0 Å². The maximum Gasteiger partial charge on any atom is 0.220 e. The zero-order valence-electron chi connectivity index (χ0n) is 15.0. The summed E-state index contributed by atoms with van der Waals surface area (Å²) in [5.74, 6) is 0. The van der Waals surface area contributed by atoms with E-state index in [1.807, 2.05) is 11.3 Å². The third-order valence-electron chi connectivity index (χ3n) is 4.35. The molecule has 0 atom stereocenters. The first kappa shape index (κ1) is 17.1. The maximum atomic E-state index is 2.30. The van der Waals surface area contributed by atoms with Gasteiger partial charge in [-0.05, 0) is 49.7 Å². The molecule has 0 aliphatic rings. The van der Waals surface area contributed by atoms with Gasteiger partial charge in [0.15, 0.2) is 9.79 Å². The van der Waals surface area contributed by atoms with Gasteiger partial charge in [0.1, 0.15) is 10.9 Å². The van der Waals surface area contributed by atoms with E-state index in [0.717, 1.165) is 0 Å². The molecule has 2 heteroatoms. The summed E-state index contributed by atoms with van der Waals surface area (Å²) < 4.78 is 1.41. The molecular formula is C24H21S2+. The van der Waals surface area contributed by atoms with E-state index < -0.39 is 0 Å². The van der Waals surface area contributed by atoms with Crippen LogP contribution in [0.25, 0.3) is 10.4 Å². The lowest BCUT2D eigenvalue weighted by atomic mass is 10.2. The van der Waals surface area contributed by atoms with E-state index in [1.165, 1.54) is 35.6 Å². The van der Waals surface area contributed by atoms with Crippen LogP contribution < -0.4 is 0 Å². The van der Waals surface area contributed by atoms with Crippen LogP contribution in [0, 0.1) is 13.8 Å². The van der Waals surface area contributed by atoms with E-state index in [1.54, 1.807) is 0 Å². The molecule has 0 nitrogen and oxygen atoms in total. The summed E-state index contributed by atoms with van der Waals surface area (Å²) in [6, 6.07) is 33.2. The van der Waals surface area contributed by atoms with Gasteiger partial charge in [0, 0.05) is 10.9 Å². The molecule has 0 aliphatic carbocycles. The summed E-state index contributed by atoms with van der Waals surface area (Å²) in [7, 11) is -0.0656. The highest BCUT2D eigenvalue weighted by Crippen LogP contribution is 2.38. The normalized spacial score (nSPS) is 11.0. The Labute approximate surface area is 162 Å². The lowest BCUT2D eigenvalue weighted by Gasteiger charge is -2.06. The molecule has 0 radical (unpaired) electrons. The standard InChI is InChI=1S/C24H21S2/c1-18-8-12-21(13-9-18)26(22-14-10-19(2)11-15-22)24-17-16-23(25-24)20-6-4-3-5-7-20/h3-17H,1-2H3/q+1. The topological polar surface area (TPSA) is 0 Å². The number of rotatable bonds is 4. The molecule has 1 heterocycles. The largest absolute Gasteiger partial charge is 0.220 e. The van der Waals surface area contributed by atoms with Crippen LogP contribution in [-0.2, 0) is 10.9 Å². The van der Waals surface area contributed by atoms with Crippen molar-refractivity contribution in [3.8, 4) is 10.4 Å². The average Bonchev–Trinajstić information content (AvgIpc) is 3.15. The minimum atomic E-state index is -0.0656. The van der Waals surface area contributed by atoms with E-state index in [4.69, 9.17) is 0 Å². The molecule has 0 spiro atoms. The van der Waals surface area contributed by atoms with Crippen molar-refractivity contribution in [3.63, 3.8) is 0 Å². The van der Waals surface area contributed by atoms with E-state index in [0.29, 0.717) is 0 Å². The Morgan fingerprint density at radius 2 is 1.12 bits per heavy atom. The van der Waals surface area contributed by atoms with Gasteiger partial charge in [-0.1, -0.05) is 77.1 Å². The molecule has 0 amide bonds. The Morgan fingerprint density at radius 3 is 1.65 bits per heavy atom. The SMILES string of the molecule is Cc1ccc([S+](c2ccc(C)cc2)c2ccc(-c3ccccc3)s2)cc1. The summed E-state index contributed by atoms with van der Waals surface area (Å²) in [5, 5.41) is 0. The Balaban J connectivity index is 1.79. The van der Waals surface area contributed by atoms with Crippen LogP contribution in [0.1, 0.15) is 11.1 Å². The summed E-state index contributed by atoms with van der Waals surface area (Å²) in [6.07, 6.45) is 0. The van der Waals surface area contributed by atoms with Gasteiger partial charge in [0.25, 0.3) is 0 Å². The second kappa shape index (κ2) is 7.53. The van der Waals surface area contributed by atoms with Crippen molar-refractivity contribution in [1.82, 2.24) is 0 Å². The molecule has 0 fully saturated rings. The van der Waals surface area contributed by atoms with Gasteiger partial charge in [-0.15, -0.1) is 0 Å². The quantitative estimate of drug-likeness (QED) is 0.334. The minimum absolute atomic E-state index is 0.0656. The molecule has 1 aromatic heterocycles. The fraction of sp³-hybridized carbons (Fsp3) is 0.0833. The minimum Gasteiger partial charge on any atom is -0.0849 e. The van der Waals surface area contributed by atoms with Gasteiger partial charge in [-0.2, -0.15) is 0 Å². The summed E-state index contributed by atoms with van der Waals surface area (Å²) in [5.41, 5.74) is 3.90. The van der Waals surface area contributed by atoms with Crippen molar-refractivity contribution in [2.45, 2.75) is 27.8 Å². The van der Waals surface area contributed by atoms with Gasteiger partial charge < -0.3 is 0 Å². The lowest BCUT2D eigenvalue weighted by molar-refractivity contribution is 1.31. The van der Waals surface area contributed by atoms with Crippen LogP contribution in [0.2, 0.25) is 0 Å². The zero-order valence-corrected chi connectivity index (χ0v) is 16.6. The molecule has 0 bridgehead atoms. The second-order valence-electron chi connectivity index (χ2n) is 6.42. The van der Waals surface area contributed by atoms with Crippen LogP contribution in [0.4, 0.5) is 0 Å². The summed E-state index contributed by atoms with van der Waals surface area (Å²) in [6.45, 7) is 4.29. The fourth-order valence-corrected chi connectivity index (χ4v) is 6.58. The third kappa shape index (κ3) is 3.62. The van der Waals surface area contributed by atoms with Crippen molar-refractivity contribution >= 4 is 22.2 Å². The Bertz CT molecular complexity index is 935. The molecule has 26 heavy (non-hydrogen) atoms. The summed E-state index contributed by atoms with van der Waals surface area (Å²) >= 11 is 1.90. The first-order valence-corrected chi connectivity index (χ1v) is 10.8. The van der Waals surface area contributed by atoms with Gasteiger partial charge in [0.2, 0.25) is 4.21 Å². The van der Waals surface area contributed by atoms with Crippen LogP contribution in [0.3, 0.4) is 0 Å². The highest BCUT2D eigenvalue weighted by Gasteiger charge is 2.30. The number of benzene rings is 3. The Hall–Kier alpha value is -2.29. The third-order valence-corrected chi connectivity index (χ3v) is 8.06. The monoisotopic (exact) mass is 373 g/mol. The Morgan fingerprint density at radius 1 is 0.577 bits per heavy atom. The number of thiophene rings is 1. The molecule has 0 aliphatic heterocycles. The molecule has 0 unspecified atom stereocenters. The van der Waals surface area contributed by atoms with Gasteiger partial charge in [-0.3, -0.25) is 0 Å². The van der Waals surface area contributed by atoms with Crippen molar-refractivity contribution in [2.24, 2.45) is 0 Å². The van der Waals surface area contributed by atoms with Gasteiger partial charge >= 0.3 is 0 Å². The number of hydrogen-bond donors (Lipinski definition) is 0. The number of aryl methyl sites for hydroxylation is 2. The van der Waals surface area contributed by atoms with Crippen LogP contribution >= 0.6 is 11.3 Å². The van der Waals surface area contributed by atoms with Gasteiger partial charge in [-0.25, -0.2) is 0 Å². The molecular weight excluding hydrogens is 352 g/mol. The molecule has 4 rings (SSSR count). The van der Waals surface area contributed by atoms with Crippen molar-refractivity contribution in [2.75, 3.05) is 0 Å². The fourth-order valence-electron chi connectivity index (χ4n) is 2.90. The average molecular weight is 374 g/mol. The predicted octanol–water partition coefficient (Wildman–Crippen LogP) is 7.13. The molecule has 3 aromatic carbocycles. The molecule has 0 saturated carbocycles. The zero-order chi connectivity index (χ0) is 17.9. The Kier molecular flexibility index (Phi) is 4.96. The van der Waals surface area contributed by atoms with Gasteiger partial charge in [0.05, 0.1) is 0 Å². The molecule has 0 N–H and O–H groups in total. The van der Waals surface area contributed by atoms with E-state index in [-0.39, 0.29) is 10.9 Å².